The van der Waals surface area contributed by atoms with E-state index >= 15 is 0 Å². The number of pyridine rings is 1. The number of carbonyl (C=O) groups is 1. The van der Waals surface area contributed by atoms with Crippen LogP contribution in [0.4, 0.5) is 5.82 Å². The first-order valence-electron chi connectivity index (χ1n) is 4.81. The number of rotatable bonds is 4. The number of halogens is 1. The molecule has 0 aromatic carbocycles. The Bertz CT molecular complexity index is 326. The van der Waals surface area contributed by atoms with Crippen LogP contribution in [0.1, 0.15) is 19.8 Å². The molecule has 1 rings (SSSR count). The normalized spacial score (nSPS) is 12.2. The van der Waals surface area contributed by atoms with Crippen LogP contribution in [0.5, 0.6) is 0 Å². The van der Waals surface area contributed by atoms with E-state index in [0.717, 1.165) is 10.9 Å². The molecule has 0 spiro atoms. The zero-order chi connectivity index (χ0) is 11.3. The Morgan fingerprint density at radius 2 is 2.40 bits per heavy atom. The maximum atomic E-state index is 11.5. The monoisotopic (exact) mass is 271 g/mol. The summed E-state index contributed by atoms with van der Waals surface area (Å²) in [5.74, 6) is 0.335. The molecule has 0 radical (unpaired) electrons. The summed E-state index contributed by atoms with van der Waals surface area (Å²) in [5.41, 5.74) is 5.66. The molecule has 4 nitrogen and oxygen atoms in total. The van der Waals surface area contributed by atoms with Crippen molar-refractivity contribution >= 4 is 27.7 Å². The second-order valence-corrected chi connectivity index (χ2v) is 4.16. The molecule has 15 heavy (non-hydrogen) atoms. The van der Waals surface area contributed by atoms with Crippen LogP contribution in [0, 0.1) is 0 Å². The first kappa shape index (κ1) is 12.1. The molecule has 82 valence electrons. The smallest absolute Gasteiger partial charge is 0.242 e. The van der Waals surface area contributed by atoms with E-state index in [0.29, 0.717) is 12.2 Å². The molecule has 1 heterocycles. The largest absolute Gasteiger partial charge is 0.320 e. The van der Waals surface area contributed by atoms with Gasteiger partial charge in [-0.2, -0.15) is 0 Å². The maximum Gasteiger partial charge on any atom is 0.242 e. The summed E-state index contributed by atoms with van der Waals surface area (Å²) in [6.45, 7) is 1.99. The summed E-state index contributed by atoms with van der Waals surface area (Å²) in [6, 6.07) is 3.08. The van der Waals surface area contributed by atoms with Crippen LogP contribution in [0.2, 0.25) is 0 Å². The fraction of sp³-hybridized carbons (Fsp3) is 0.400. The van der Waals surface area contributed by atoms with Crippen molar-refractivity contribution in [1.29, 1.82) is 0 Å². The van der Waals surface area contributed by atoms with Crippen molar-refractivity contribution in [3.05, 3.63) is 22.8 Å². The molecular formula is C10H14BrN3O. The van der Waals surface area contributed by atoms with Gasteiger partial charge in [0.15, 0.2) is 0 Å². The van der Waals surface area contributed by atoms with Gasteiger partial charge in [0.25, 0.3) is 0 Å². The lowest BCUT2D eigenvalue weighted by Gasteiger charge is -2.10. The highest BCUT2D eigenvalue weighted by molar-refractivity contribution is 9.10. The Morgan fingerprint density at radius 1 is 1.67 bits per heavy atom. The van der Waals surface area contributed by atoms with Crippen LogP contribution in [0.3, 0.4) is 0 Å². The van der Waals surface area contributed by atoms with Crippen molar-refractivity contribution in [3.8, 4) is 0 Å². The topological polar surface area (TPSA) is 68.0 Å². The van der Waals surface area contributed by atoms with Crippen LogP contribution in [0.25, 0.3) is 0 Å². The van der Waals surface area contributed by atoms with Gasteiger partial charge in [0.05, 0.1) is 6.04 Å². The molecule has 1 amide bonds. The van der Waals surface area contributed by atoms with Crippen molar-refractivity contribution in [2.45, 2.75) is 25.8 Å². The highest BCUT2D eigenvalue weighted by atomic mass is 79.9. The van der Waals surface area contributed by atoms with Crippen molar-refractivity contribution in [2.24, 2.45) is 5.73 Å². The minimum Gasteiger partial charge on any atom is -0.320 e. The number of amides is 1. The molecule has 0 saturated carbocycles. The highest BCUT2D eigenvalue weighted by Gasteiger charge is 2.12. The van der Waals surface area contributed by atoms with Gasteiger partial charge in [-0.3, -0.25) is 4.79 Å². The number of hydrogen-bond donors (Lipinski definition) is 2. The third-order valence-corrected chi connectivity index (χ3v) is 2.38. The van der Waals surface area contributed by atoms with E-state index in [9.17, 15) is 4.79 Å². The first-order valence-corrected chi connectivity index (χ1v) is 5.60. The van der Waals surface area contributed by atoms with Crippen molar-refractivity contribution in [3.63, 3.8) is 0 Å². The zero-order valence-electron chi connectivity index (χ0n) is 8.53. The number of hydrogen-bond acceptors (Lipinski definition) is 3. The number of nitrogens with two attached hydrogens (primary N) is 1. The van der Waals surface area contributed by atoms with Crippen molar-refractivity contribution in [1.82, 2.24) is 4.98 Å². The quantitative estimate of drug-likeness (QED) is 0.879. The van der Waals surface area contributed by atoms with E-state index in [1.807, 2.05) is 13.0 Å². The molecule has 5 heteroatoms. The average molecular weight is 272 g/mol. The Kier molecular flexibility index (Phi) is 4.71. The fourth-order valence-corrected chi connectivity index (χ4v) is 1.35. The molecule has 0 saturated heterocycles. The average Bonchev–Trinajstić information content (AvgIpc) is 2.22. The lowest BCUT2D eigenvalue weighted by atomic mass is 10.2. The number of nitrogens with one attached hydrogen (secondary N) is 1. The van der Waals surface area contributed by atoms with Crippen LogP contribution >= 0.6 is 15.9 Å². The Balaban J connectivity index is 2.54. The molecule has 0 aliphatic heterocycles. The minimum absolute atomic E-state index is 0.188. The van der Waals surface area contributed by atoms with Crippen LogP contribution in [0.15, 0.2) is 22.8 Å². The lowest BCUT2D eigenvalue weighted by Crippen LogP contribution is -2.35. The van der Waals surface area contributed by atoms with Gasteiger partial charge in [-0.1, -0.05) is 13.3 Å². The summed E-state index contributed by atoms with van der Waals surface area (Å²) in [4.78, 5) is 15.5. The van der Waals surface area contributed by atoms with Gasteiger partial charge in [-0.05, 0) is 34.5 Å². The van der Waals surface area contributed by atoms with Gasteiger partial charge in [0, 0.05) is 10.7 Å². The predicted octanol–water partition coefficient (Wildman–Crippen LogP) is 1.91. The van der Waals surface area contributed by atoms with Crippen LogP contribution in [-0.2, 0) is 4.79 Å². The number of carbonyl (C=O) groups excluding carboxylic acids is 1. The number of anilines is 1. The van der Waals surface area contributed by atoms with E-state index in [4.69, 9.17) is 5.73 Å². The van der Waals surface area contributed by atoms with Gasteiger partial charge in [-0.15, -0.1) is 0 Å². The first-order chi connectivity index (χ1) is 7.13. The molecule has 1 atom stereocenters. The zero-order valence-corrected chi connectivity index (χ0v) is 10.1. The van der Waals surface area contributed by atoms with E-state index < -0.39 is 6.04 Å². The molecule has 1 aromatic rings. The van der Waals surface area contributed by atoms with Crippen molar-refractivity contribution < 1.29 is 4.79 Å². The summed E-state index contributed by atoms with van der Waals surface area (Å²) in [5, 5.41) is 2.66. The third kappa shape index (κ3) is 3.97. The van der Waals surface area contributed by atoms with Gasteiger partial charge < -0.3 is 11.1 Å². The Labute approximate surface area is 97.4 Å². The van der Waals surface area contributed by atoms with Gasteiger partial charge >= 0.3 is 0 Å². The van der Waals surface area contributed by atoms with Gasteiger partial charge in [-0.25, -0.2) is 4.98 Å². The second-order valence-electron chi connectivity index (χ2n) is 3.25. The third-order valence-electron chi connectivity index (χ3n) is 1.92. The number of nitrogens with zero attached hydrogens (tertiary/aromatic N) is 1. The molecule has 3 N–H and O–H groups in total. The maximum absolute atomic E-state index is 11.5. The Morgan fingerprint density at radius 3 is 2.93 bits per heavy atom. The second kappa shape index (κ2) is 5.82. The van der Waals surface area contributed by atoms with E-state index in [1.54, 1.807) is 12.3 Å². The molecule has 0 aliphatic rings. The van der Waals surface area contributed by atoms with Gasteiger partial charge in [0.2, 0.25) is 5.91 Å². The summed E-state index contributed by atoms with van der Waals surface area (Å²) < 4.78 is 0.873. The standard InChI is InChI=1S/C10H14BrN3O/c1-2-3-8(12)10(15)14-9-5-4-7(11)6-13-9/h4-6,8H,2-3,12H2,1H3,(H,13,14,15)/t8-/m0/s1. The fourth-order valence-electron chi connectivity index (χ4n) is 1.11. The summed E-state index contributed by atoms with van der Waals surface area (Å²) in [7, 11) is 0. The summed E-state index contributed by atoms with van der Waals surface area (Å²) in [6.07, 6.45) is 3.20. The molecule has 0 bridgehead atoms. The predicted molar refractivity (Wildman–Crippen MR) is 63.5 cm³/mol. The molecule has 0 aliphatic carbocycles. The SMILES string of the molecule is CCC[C@H](N)C(=O)Nc1ccc(Br)cn1. The lowest BCUT2D eigenvalue weighted by molar-refractivity contribution is -0.117. The van der Waals surface area contributed by atoms with Crippen molar-refractivity contribution in [2.75, 3.05) is 5.32 Å². The highest BCUT2D eigenvalue weighted by Crippen LogP contribution is 2.10. The molecule has 0 unspecified atom stereocenters. The van der Waals surface area contributed by atoms with Crippen LogP contribution in [-0.4, -0.2) is 16.9 Å². The van der Waals surface area contributed by atoms with Crippen LogP contribution < -0.4 is 11.1 Å². The Hall–Kier alpha value is -0.940. The van der Waals surface area contributed by atoms with E-state index in [1.165, 1.54) is 0 Å². The number of aromatic nitrogens is 1. The van der Waals surface area contributed by atoms with E-state index in [-0.39, 0.29) is 5.91 Å². The molecule has 0 fully saturated rings. The van der Waals surface area contributed by atoms with Gasteiger partial charge in [0.1, 0.15) is 5.82 Å². The molecular weight excluding hydrogens is 258 g/mol. The summed E-state index contributed by atoms with van der Waals surface area (Å²) >= 11 is 3.27. The molecule has 1 aromatic heterocycles. The minimum atomic E-state index is -0.458. The van der Waals surface area contributed by atoms with E-state index in [2.05, 4.69) is 26.2 Å².